The summed E-state index contributed by atoms with van der Waals surface area (Å²) in [5, 5.41) is 3.13. The number of rotatable bonds is 6. The van der Waals surface area contributed by atoms with Gasteiger partial charge in [-0.25, -0.2) is 0 Å². The summed E-state index contributed by atoms with van der Waals surface area (Å²) in [6.07, 6.45) is 5.95. The molecule has 2 fully saturated rings. The maximum Gasteiger partial charge on any atom is 0.220 e. The van der Waals surface area contributed by atoms with Crippen LogP contribution in [-0.2, 0) is 4.79 Å². The second-order valence-corrected chi connectivity index (χ2v) is 7.04. The molecule has 1 aromatic rings. The number of hydrogen-bond acceptors (Lipinski definition) is 3. The zero-order chi connectivity index (χ0) is 16.4. The molecule has 2 saturated carbocycles. The number of carbonyl (C=O) groups is 1. The molecule has 23 heavy (non-hydrogen) atoms. The van der Waals surface area contributed by atoms with Crippen molar-refractivity contribution < 1.29 is 14.3 Å². The minimum Gasteiger partial charge on any atom is -0.497 e. The molecule has 1 amide bonds. The third kappa shape index (κ3) is 3.46. The van der Waals surface area contributed by atoms with Gasteiger partial charge < -0.3 is 14.8 Å². The fourth-order valence-corrected chi connectivity index (χ4v) is 4.42. The fourth-order valence-electron chi connectivity index (χ4n) is 4.42. The van der Waals surface area contributed by atoms with E-state index in [0.29, 0.717) is 12.3 Å². The molecule has 3 rings (SSSR count). The van der Waals surface area contributed by atoms with Crippen LogP contribution in [0.5, 0.6) is 11.5 Å². The van der Waals surface area contributed by atoms with Crippen LogP contribution in [-0.4, -0.2) is 20.1 Å². The highest BCUT2D eigenvalue weighted by Crippen LogP contribution is 2.49. The van der Waals surface area contributed by atoms with Gasteiger partial charge in [0.1, 0.15) is 11.5 Å². The molecule has 0 saturated heterocycles. The highest BCUT2D eigenvalue weighted by Gasteiger charge is 2.40. The summed E-state index contributed by atoms with van der Waals surface area (Å²) in [7, 11) is 3.29. The molecule has 0 aromatic heterocycles. The second-order valence-electron chi connectivity index (χ2n) is 7.04. The van der Waals surface area contributed by atoms with Gasteiger partial charge in [0.25, 0.3) is 0 Å². The number of hydrogen-bond donors (Lipinski definition) is 1. The third-order valence-corrected chi connectivity index (χ3v) is 5.61. The Labute approximate surface area is 138 Å². The normalized spacial score (nSPS) is 26.8. The average Bonchev–Trinajstić information content (AvgIpc) is 3.16. The first-order valence-corrected chi connectivity index (χ1v) is 8.62. The fraction of sp³-hybridized carbons (Fsp3) is 0.632. The molecule has 4 nitrogen and oxygen atoms in total. The van der Waals surface area contributed by atoms with Crippen molar-refractivity contribution in [3.05, 3.63) is 23.8 Å². The van der Waals surface area contributed by atoms with E-state index in [1.807, 2.05) is 25.1 Å². The Kier molecular flexibility index (Phi) is 4.79. The Morgan fingerprint density at radius 1 is 1.26 bits per heavy atom. The molecule has 0 heterocycles. The molecule has 4 heteroatoms. The van der Waals surface area contributed by atoms with Crippen molar-refractivity contribution in [1.82, 2.24) is 5.32 Å². The Hall–Kier alpha value is -1.71. The van der Waals surface area contributed by atoms with Crippen LogP contribution in [0.3, 0.4) is 0 Å². The maximum absolute atomic E-state index is 12.4. The van der Waals surface area contributed by atoms with E-state index in [1.165, 1.54) is 25.7 Å². The predicted molar refractivity (Wildman–Crippen MR) is 89.7 cm³/mol. The Bertz CT molecular complexity index is 572. The van der Waals surface area contributed by atoms with Crippen molar-refractivity contribution in [2.75, 3.05) is 14.2 Å². The number of fused-ring (bicyclic) bond motifs is 2. The first kappa shape index (κ1) is 16.2. The molecule has 2 bridgehead atoms. The first-order valence-electron chi connectivity index (χ1n) is 8.62. The van der Waals surface area contributed by atoms with Crippen molar-refractivity contribution in [2.45, 2.75) is 45.1 Å². The van der Waals surface area contributed by atoms with E-state index < -0.39 is 0 Å². The summed E-state index contributed by atoms with van der Waals surface area (Å²) >= 11 is 0. The lowest BCUT2D eigenvalue weighted by Gasteiger charge is -2.23. The van der Waals surface area contributed by atoms with Gasteiger partial charge in [0, 0.05) is 12.0 Å². The lowest BCUT2D eigenvalue weighted by molar-refractivity contribution is -0.123. The summed E-state index contributed by atoms with van der Waals surface area (Å²) in [4.78, 5) is 12.4. The first-order chi connectivity index (χ1) is 11.1. The summed E-state index contributed by atoms with van der Waals surface area (Å²) in [6.45, 7) is 2.00. The van der Waals surface area contributed by atoms with E-state index in [1.54, 1.807) is 14.2 Å². The van der Waals surface area contributed by atoms with Crippen molar-refractivity contribution in [2.24, 2.45) is 17.8 Å². The molecule has 126 valence electrons. The Balaban J connectivity index is 1.62. The van der Waals surface area contributed by atoms with Crippen LogP contribution < -0.4 is 14.8 Å². The van der Waals surface area contributed by atoms with Gasteiger partial charge in [-0.15, -0.1) is 0 Å². The zero-order valence-corrected chi connectivity index (χ0v) is 14.3. The van der Waals surface area contributed by atoms with Crippen LogP contribution in [0.2, 0.25) is 0 Å². The molecule has 0 radical (unpaired) electrons. The van der Waals surface area contributed by atoms with E-state index >= 15 is 0 Å². The van der Waals surface area contributed by atoms with Crippen molar-refractivity contribution >= 4 is 5.91 Å². The highest BCUT2D eigenvalue weighted by molar-refractivity contribution is 5.77. The largest absolute Gasteiger partial charge is 0.497 e. The predicted octanol–water partition coefficient (Wildman–Crippen LogP) is 3.71. The molecule has 2 aliphatic rings. The minimum atomic E-state index is -0.0915. The molecule has 1 N–H and O–H groups in total. The van der Waals surface area contributed by atoms with E-state index in [9.17, 15) is 4.79 Å². The summed E-state index contributed by atoms with van der Waals surface area (Å²) in [5.41, 5.74) is 0.952. The van der Waals surface area contributed by atoms with Gasteiger partial charge in [0.05, 0.1) is 20.3 Å². The van der Waals surface area contributed by atoms with E-state index in [-0.39, 0.29) is 11.9 Å². The van der Waals surface area contributed by atoms with Crippen molar-refractivity contribution in [3.63, 3.8) is 0 Å². The highest BCUT2D eigenvalue weighted by atomic mass is 16.5. The quantitative estimate of drug-likeness (QED) is 0.870. The molecular formula is C19H27NO3. The molecule has 0 spiro atoms. The number of methoxy groups -OCH3 is 2. The van der Waals surface area contributed by atoms with E-state index in [2.05, 4.69) is 5.32 Å². The maximum atomic E-state index is 12.4. The Morgan fingerprint density at radius 3 is 2.70 bits per heavy atom. The number of carbonyl (C=O) groups excluding carboxylic acids is 1. The van der Waals surface area contributed by atoms with E-state index in [4.69, 9.17) is 9.47 Å². The van der Waals surface area contributed by atoms with Crippen LogP contribution in [0.1, 0.15) is 50.6 Å². The summed E-state index contributed by atoms with van der Waals surface area (Å²) < 4.78 is 10.7. The lowest BCUT2D eigenvalue weighted by Crippen LogP contribution is -2.29. The SMILES string of the molecule is COc1ccc(OC)c(C(C)NC(=O)CC2CC3CCC2C3)c1. The van der Waals surface area contributed by atoms with Gasteiger partial charge in [-0.3, -0.25) is 4.79 Å². The summed E-state index contributed by atoms with van der Waals surface area (Å²) in [5.74, 6) is 3.96. The van der Waals surface area contributed by atoms with E-state index in [0.717, 1.165) is 28.9 Å². The van der Waals surface area contributed by atoms with Gasteiger partial charge in [-0.2, -0.15) is 0 Å². The molecule has 0 aliphatic heterocycles. The minimum absolute atomic E-state index is 0.0915. The molecular weight excluding hydrogens is 290 g/mol. The van der Waals surface area contributed by atoms with Gasteiger partial charge in [-0.1, -0.05) is 6.42 Å². The molecule has 1 aromatic carbocycles. The number of nitrogens with one attached hydrogen (secondary N) is 1. The second kappa shape index (κ2) is 6.81. The van der Waals surface area contributed by atoms with Crippen molar-refractivity contribution in [1.29, 1.82) is 0 Å². The molecule has 2 aliphatic carbocycles. The van der Waals surface area contributed by atoms with Crippen LogP contribution in [0.25, 0.3) is 0 Å². The summed E-state index contributed by atoms with van der Waals surface area (Å²) in [6, 6.07) is 5.59. The van der Waals surface area contributed by atoms with Gasteiger partial charge >= 0.3 is 0 Å². The van der Waals surface area contributed by atoms with Crippen LogP contribution in [0.4, 0.5) is 0 Å². The zero-order valence-electron chi connectivity index (χ0n) is 14.3. The standard InChI is InChI=1S/C19H27NO3/c1-12(17-11-16(22-2)6-7-18(17)23-3)20-19(21)10-15-9-13-4-5-14(15)8-13/h6-7,11-15H,4-5,8-10H2,1-3H3,(H,20,21). The average molecular weight is 317 g/mol. The number of ether oxygens (including phenoxy) is 2. The van der Waals surface area contributed by atoms with Crippen LogP contribution in [0.15, 0.2) is 18.2 Å². The third-order valence-electron chi connectivity index (χ3n) is 5.61. The number of benzene rings is 1. The van der Waals surface area contributed by atoms with Gasteiger partial charge in [0.2, 0.25) is 5.91 Å². The Morgan fingerprint density at radius 2 is 2.09 bits per heavy atom. The van der Waals surface area contributed by atoms with Crippen LogP contribution >= 0.6 is 0 Å². The lowest BCUT2D eigenvalue weighted by atomic mass is 9.86. The van der Waals surface area contributed by atoms with Gasteiger partial charge in [-0.05, 0) is 62.1 Å². The molecule has 4 unspecified atom stereocenters. The molecule has 4 atom stereocenters. The van der Waals surface area contributed by atoms with Gasteiger partial charge in [0.15, 0.2) is 0 Å². The van der Waals surface area contributed by atoms with Crippen LogP contribution in [0, 0.1) is 17.8 Å². The number of amides is 1. The topological polar surface area (TPSA) is 47.6 Å². The monoisotopic (exact) mass is 317 g/mol. The smallest absolute Gasteiger partial charge is 0.220 e. The van der Waals surface area contributed by atoms with Crippen molar-refractivity contribution in [3.8, 4) is 11.5 Å².